The van der Waals surface area contributed by atoms with Crippen molar-refractivity contribution in [1.82, 2.24) is 10.2 Å². The van der Waals surface area contributed by atoms with Crippen LogP contribution in [0.25, 0.3) is 0 Å². The zero-order valence-electron chi connectivity index (χ0n) is 11.5. The summed E-state index contributed by atoms with van der Waals surface area (Å²) in [6.07, 6.45) is 6.97. The fraction of sp³-hybridized carbons (Fsp3) is 1.00. The lowest BCUT2D eigenvalue weighted by Crippen LogP contribution is -2.64. The zero-order chi connectivity index (χ0) is 12.1. The average molecular weight is 240 g/mol. The smallest absolute Gasteiger partial charge is 0.0593 e. The van der Waals surface area contributed by atoms with E-state index in [1.54, 1.807) is 0 Å². The summed E-state index contributed by atoms with van der Waals surface area (Å²) in [4.78, 5) is 2.62. The fourth-order valence-electron chi connectivity index (χ4n) is 3.28. The Kier molecular flexibility index (Phi) is 4.83. The van der Waals surface area contributed by atoms with Crippen LogP contribution in [0, 0.1) is 0 Å². The van der Waals surface area contributed by atoms with Gasteiger partial charge in [-0.05, 0) is 26.7 Å². The molecule has 17 heavy (non-hydrogen) atoms. The summed E-state index contributed by atoms with van der Waals surface area (Å²) in [5.41, 5.74) is 0.428. The van der Waals surface area contributed by atoms with Gasteiger partial charge in [0, 0.05) is 37.8 Å². The quantitative estimate of drug-likeness (QED) is 0.761. The van der Waals surface area contributed by atoms with Gasteiger partial charge in [0.2, 0.25) is 0 Å². The molecule has 1 saturated heterocycles. The molecular formula is C14H28N2O. The van der Waals surface area contributed by atoms with Crippen molar-refractivity contribution in [3.8, 4) is 0 Å². The summed E-state index contributed by atoms with van der Waals surface area (Å²) in [5.74, 6) is 0. The van der Waals surface area contributed by atoms with Crippen molar-refractivity contribution in [3.63, 3.8) is 0 Å². The Morgan fingerprint density at radius 3 is 2.76 bits per heavy atom. The Bertz CT molecular complexity index is 226. The third-order valence-corrected chi connectivity index (χ3v) is 4.44. The van der Waals surface area contributed by atoms with Gasteiger partial charge in [0.25, 0.3) is 0 Å². The van der Waals surface area contributed by atoms with E-state index in [0.29, 0.717) is 11.6 Å². The van der Waals surface area contributed by atoms with E-state index in [9.17, 15) is 0 Å². The Labute approximate surface area is 106 Å². The largest absolute Gasteiger partial charge is 0.380 e. The minimum atomic E-state index is 0.428. The SMILES string of the molecule is CCOCCN1CC2(CCCCC2)NCC1C. The van der Waals surface area contributed by atoms with Gasteiger partial charge >= 0.3 is 0 Å². The van der Waals surface area contributed by atoms with Gasteiger partial charge in [0.1, 0.15) is 0 Å². The molecule has 3 nitrogen and oxygen atoms in total. The summed E-state index contributed by atoms with van der Waals surface area (Å²) in [5, 5.41) is 3.82. The van der Waals surface area contributed by atoms with Crippen LogP contribution in [0.15, 0.2) is 0 Å². The highest BCUT2D eigenvalue weighted by molar-refractivity contribution is 4.98. The number of hydrogen-bond donors (Lipinski definition) is 1. The molecule has 2 aliphatic rings. The number of nitrogens with zero attached hydrogens (tertiary/aromatic N) is 1. The molecule has 1 N–H and O–H groups in total. The molecule has 1 aliphatic carbocycles. The lowest BCUT2D eigenvalue weighted by atomic mass is 9.79. The minimum absolute atomic E-state index is 0.428. The van der Waals surface area contributed by atoms with E-state index in [-0.39, 0.29) is 0 Å². The van der Waals surface area contributed by atoms with Crippen molar-refractivity contribution in [2.45, 2.75) is 57.5 Å². The second-order valence-corrected chi connectivity index (χ2v) is 5.74. The van der Waals surface area contributed by atoms with Gasteiger partial charge in [0.05, 0.1) is 6.61 Å². The van der Waals surface area contributed by atoms with Gasteiger partial charge in [-0.3, -0.25) is 4.90 Å². The molecule has 3 heteroatoms. The number of nitrogens with one attached hydrogen (secondary N) is 1. The van der Waals surface area contributed by atoms with E-state index < -0.39 is 0 Å². The van der Waals surface area contributed by atoms with Gasteiger partial charge in [-0.25, -0.2) is 0 Å². The molecule has 0 bridgehead atoms. The molecule has 0 aromatic heterocycles. The summed E-state index contributed by atoms with van der Waals surface area (Å²) < 4.78 is 5.50. The van der Waals surface area contributed by atoms with E-state index in [2.05, 4.69) is 24.1 Å². The first-order valence-electron chi connectivity index (χ1n) is 7.32. The molecule has 0 aromatic carbocycles. The monoisotopic (exact) mass is 240 g/mol. The van der Waals surface area contributed by atoms with Gasteiger partial charge in [-0.1, -0.05) is 19.3 Å². The highest BCUT2D eigenvalue weighted by Gasteiger charge is 2.38. The fourth-order valence-corrected chi connectivity index (χ4v) is 3.28. The van der Waals surface area contributed by atoms with E-state index in [4.69, 9.17) is 4.74 Å². The van der Waals surface area contributed by atoms with E-state index in [0.717, 1.165) is 26.3 Å². The zero-order valence-corrected chi connectivity index (χ0v) is 11.5. The molecule has 1 spiro atoms. The van der Waals surface area contributed by atoms with Crippen LogP contribution in [0.1, 0.15) is 46.0 Å². The number of hydrogen-bond acceptors (Lipinski definition) is 3. The van der Waals surface area contributed by atoms with E-state index >= 15 is 0 Å². The van der Waals surface area contributed by atoms with Crippen LogP contribution in [0.5, 0.6) is 0 Å². The standard InChI is InChI=1S/C14H28N2O/c1-3-17-10-9-16-12-14(15-11-13(16)2)7-5-4-6-8-14/h13,15H,3-12H2,1-2H3. The van der Waals surface area contributed by atoms with Crippen LogP contribution < -0.4 is 5.32 Å². The molecular weight excluding hydrogens is 212 g/mol. The summed E-state index contributed by atoms with van der Waals surface area (Å²) >= 11 is 0. The summed E-state index contributed by atoms with van der Waals surface area (Å²) in [6.45, 7) is 9.59. The molecule has 1 unspecified atom stereocenters. The molecule has 100 valence electrons. The highest BCUT2D eigenvalue weighted by atomic mass is 16.5. The molecule has 1 atom stereocenters. The van der Waals surface area contributed by atoms with Gasteiger partial charge < -0.3 is 10.1 Å². The molecule has 0 aromatic rings. The molecule has 1 saturated carbocycles. The Hall–Kier alpha value is -0.120. The van der Waals surface area contributed by atoms with Crippen molar-refractivity contribution < 1.29 is 4.74 Å². The van der Waals surface area contributed by atoms with Crippen molar-refractivity contribution >= 4 is 0 Å². The summed E-state index contributed by atoms with van der Waals surface area (Å²) in [7, 11) is 0. The molecule has 2 rings (SSSR count). The lowest BCUT2D eigenvalue weighted by molar-refractivity contribution is 0.0353. The first-order chi connectivity index (χ1) is 8.26. The maximum absolute atomic E-state index is 5.50. The van der Waals surface area contributed by atoms with Crippen LogP contribution in [0.3, 0.4) is 0 Å². The maximum Gasteiger partial charge on any atom is 0.0593 e. The Morgan fingerprint density at radius 1 is 1.29 bits per heavy atom. The molecule has 1 aliphatic heterocycles. The predicted octanol–water partition coefficient (Wildman–Crippen LogP) is 2.02. The number of rotatable bonds is 4. The van der Waals surface area contributed by atoms with Gasteiger partial charge in [-0.15, -0.1) is 0 Å². The van der Waals surface area contributed by atoms with E-state index in [1.165, 1.54) is 38.6 Å². The van der Waals surface area contributed by atoms with Crippen molar-refractivity contribution in [2.24, 2.45) is 0 Å². The molecule has 1 heterocycles. The minimum Gasteiger partial charge on any atom is -0.380 e. The summed E-state index contributed by atoms with van der Waals surface area (Å²) in [6, 6.07) is 0.656. The Morgan fingerprint density at radius 2 is 2.06 bits per heavy atom. The Balaban J connectivity index is 1.86. The third kappa shape index (κ3) is 3.43. The molecule has 0 radical (unpaired) electrons. The molecule has 2 fully saturated rings. The van der Waals surface area contributed by atoms with Crippen LogP contribution in [-0.4, -0.2) is 49.3 Å². The molecule has 0 amide bonds. The third-order valence-electron chi connectivity index (χ3n) is 4.44. The first-order valence-corrected chi connectivity index (χ1v) is 7.32. The lowest BCUT2D eigenvalue weighted by Gasteiger charge is -2.49. The second kappa shape index (κ2) is 6.17. The van der Waals surface area contributed by atoms with Crippen LogP contribution in [0.2, 0.25) is 0 Å². The van der Waals surface area contributed by atoms with Gasteiger partial charge in [-0.2, -0.15) is 0 Å². The second-order valence-electron chi connectivity index (χ2n) is 5.74. The van der Waals surface area contributed by atoms with E-state index in [1.807, 2.05) is 0 Å². The highest BCUT2D eigenvalue weighted by Crippen LogP contribution is 2.31. The van der Waals surface area contributed by atoms with Crippen LogP contribution >= 0.6 is 0 Å². The predicted molar refractivity (Wildman–Crippen MR) is 71.3 cm³/mol. The number of piperazine rings is 1. The van der Waals surface area contributed by atoms with Crippen molar-refractivity contribution in [1.29, 1.82) is 0 Å². The first kappa shape index (κ1) is 13.3. The normalized spacial score (nSPS) is 29.6. The number of ether oxygens (including phenoxy) is 1. The van der Waals surface area contributed by atoms with Crippen molar-refractivity contribution in [3.05, 3.63) is 0 Å². The average Bonchev–Trinajstić information content (AvgIpc) is 2.35. The maximum atomic E-state index is 5.50. The topological polar surface area (TPSA) is 24.5 Å². The van der Waals surface area contributed by atoms with Crippen molar-refractivity contribution in [2.75, 3.05) is 32.8 Å². The van der Waals surface area contributed by atoms with Crippen LogP contribution in [0.4, 0.5) is 0 Å². The van der Waals surface area contributed by atoms with Crippen LogP contribution in [-0.2, 0) is 4.74 Å². The van der Waals surface area contributed by atoms with Gasteiger partial charge in [0.15, 0.2) is 0 Å².